The monoisotopic (exact) mass is 450 g/mol. The van der Waals surface area contributed by atoms with E-state index in [1.165, 1.54) is 16.7 Å². The van der Waals surface area contributed by atoms with Crippen molar-refractivity contribution in [3.05, 3.63) is 41.7 Å². The number of thioether (sulfide) groups is 2. The molecule has 1 fully saturated rings. The van der Waals surface area contributed by atoms with Crippen molar-refractivity contribution in [1.82, 2.24) is 30.5 Å². The molecule has 12 heteroatoms. The summed E-state index contributed by atoms with van der Waals surface area (Å²) in [7, 11) is 1.88. The lowest BCUT2D eigenvalue weighted by atomic mass is 10.1. The minimum atomic E-state index is -0.422. The lowest BCUT2D eigenvalue weighted by molar-refractivity contribution is -0.125. The predicted molar refractivity (Wildman–Crippen MR) is 114 cm³/mol. The van der Waals surface area contributed by atoms with Crippen LogP contribution in [0, 0.1) is 0 Å². The number of aryl methyl sites for hydroxylation is 1. The Kier molecular flexibility index (Phi) is 7.23. The van der Waals surface area contributed by atoms with Crippen LogP contribution in [0.3, 0.4) is 0 Å². The Morgan fingerprint density at radius 3 is 2.66 bits per heavy atom. The van der Waals surface area contributed by atoms with Gasteiger partial charge in [-0.05, 0) is 17.7 Å². The number of hydrazine groups is 1. The first-order valence-corrected chi connectivity index (χ1v) is 10.9. The third-order valence-electron chi connectivity index (χ3n) is 3.97. The molecule has 0 aliphatic carbocycles. The highest BCUT2D eigenvalue weighted by Gasteiger charge is 2.26. The van der Waals surface area contributed by atoms with E-state index < -0.39 is 11.8 Å². The molecule has 1 aromatic heterocycles. The van der Waals surface area contributed by atoms with E-state index in [4.69, 9.17) is 12.2 Å². The second-order valence-electron chi connectivity index (χ2n) is 6.06. The molecule has 0 unspecified atom stereocenters. The van der Waals surface area contributed by atoms with Crippen molar-refractivity contribution < 1.29 is 14.4 Å². The Morgan fingerprint density at radius 2 is 2.03 bits per heavy atom. The van der Waals surface area contributed by atoms with E-state index in [-0.39, 0.29) is 18.9 Å². The summed E-state index contributed by atoms with van der Waals surface area (Å²) in [5, 5.41) is 8.64. The van der Waals surface area contributed by atoms with E-state index in [9.17, 15) is 14.4 Å². The summed E-state index contributed by atoms with van der Waals surface area (Å²) in [6.45, 7) is 0.199. The number of aromatic nitrogens is 3. The summed E-state index contributed by atoms with van der Waals surface area (Å²) in [5.74, 6) is 0.0798. The lowest BCUT2D eigenvalue weighted by Gasteiger charge is -2.14. The number of rotatable bonds is 7. The van der Waals surface area contributed by atoms with Gasteiger partial charge in [0, 0.05) is 31.3 Å². The fourth-order valence-electron chi connectivity index (χ4n) is 2.38. The van der Waals surface area contributed by atoms with Crippen molar-refractivity contribution >= 4 is 57.8 Å². The molecule has 2 heterocycles. The number of benzene rings is 1. The summed E-state index contributed by atoms with van der Waals surface area (Å²) in [6, 6.07) is 7.06. The van der Waals surface area contributed by atoms with Crippen molar-refractivity contribution in [2.75, 3.05) is 12.3 Å². The predicted octanol–water partition coefficient (Wildman–Crippen LogP) is 1.12. The topological polar surface area (TPSA) is 109 Å². The summed E-state index contributed by atoms with van der Waals surface area (Å²) in [6.07, 6.45) is 1.69. The molecule has 1 aromatic carbocycles. The van der Waals surface area contributed by atoms with Crippen LogP contribution < -0.4 is 10.9 Å². The van der Waals surface area contributed by atoms with E-state index in [0.717, 1.165) is 10.7 Å². The lowest BCUT2D eigenvalue weighted by Crippen LogP contribution is -2.43. The van der Waals surface area contributed by atoms with Crippen LogP contribution >= 0.6 is 35.7 Å². The van der Waals surface area contributed by atoms with Crippen LogP contribution in [0.5, 0.6) is 0 Å². The third-order valence-corrected chi connectivity index (χ3v) is 6.51. The van der Waals surface area contributed by atoms with Gasteiger partial charge in [0.25, 0.3) is 5.91 Å². The van der Waals surface area contributed by atoms with Crippen LogP contribution in [-0.2, 0) is 22.4 Å². The average molecular weight is 451 g/mol. The van der Waals surface area contributed by atoms with Crippen molar-refractivity contribution in [3.63, 3.8) is 0 Å². The highest BCUT2D eigenvalue weighted by molar-refractivity contribution is 8.23. The molecule has 0 bridgehead atoms. The van der Waals surface area contributed by atoms with E-state index in [0.29, 0.717) is 21.4 Å². The Bertz CT molecular complexity index is 915. The van der Waals surface area contributed by atoms with Gasteiger partial charge >= 0.3 is 0 Å². The van der Waals surface area contributed by atoms with Crippen molar-refractivity contribution in [3.8, 4) is 0 Å². The largest absolute Gasteiger partial charge is 0.312 e. The van der Waals surface area contributed by atoms with E-state index in [1.54, 1.807) is 30.2 Å². The van der Waals surface area contributed by atoms with Crippen molar-refractivity contribution in [2.24, 2.45) is 7.05 Å². The standard InChI is InChI=1S/C17H18N6O3S3/c1-22-10-18-21-16(22)28-8-11-2-4-12(5-3-11)15(26)20-19-13(24)6-7-23-14(25)9-29-17(23)27/h2-5,10H,6-9H2,1H3,(H,19,24)(H,20,26). The van der Waals surface area contributed by atoms with Gasteiger partial charge in [-0.3, -0.25) is 30.1 Å². The highest BCUT2D eigenvalue weighted by atomic mass is 32.2. The minimum absolute atomic E-state index is 0.0466. The van der Waals surface area contributed by atoms with Gasteiger partial charge in [-0.1, -0.05) is 47.9 Å². The van der Waals surface area contributed by atoms with Gasteiger partial charge in [-0.15, -0.1) is 10.2 Å². The number of nitrogens with one attached hydrogen (secondary N) is 2. The zero-order valence-corrected chi connectivity index (χ0v) is 17.9. The van der Waals surface area contributed by atoms with Gasteiger partial charge < -0.3 is 4.57 Å². The summed E-state index contributed by atoms with van der Waals surface area (Å²) in [4.78, 5) is 37.1. The average Bonchev–Trinajstić information content (AvgIpc) is 3.27. The van der Waals surface area contributed by atoms with Crippen LogP contribution in [0.2, 0.25) is 0 Å². The maximum absolute atomic E-state index is 12.2. The Hall–Kier alpha value is -2.44. The summed E-state index contributed by atoms with van der Waals surface area (Å²) < 4.78 is 2.31. The number of nitrogens with zero attached hydrogens (tertiary/aromatic N) is 4. The second kappa shape index (κ2) is 9.85. The number of thiocarbonyl (C=S) groups is 1. The Balaban J connectivity index is 1.42. The van der Waals surface area contributed by atoms with E-state index in [1.807, 2.05) is 23.7 Å². The molecule has 9 nitrogen and oxygen atoms in total. The molecule has 3 rings (SSSR count). The smallest absolute Gasteiger partial charge is 0.269 e. The van der Waals surface area contributed by atoms with Gasteiger partial charge in [0.15, 0.2) is 5.16 Å². The molecule has 152 valence electrons. The number of hydrogen-bond donors (Lipinski definition) is 2. The molecule has 1 aliphatic rings. The first kappa shape index (κ1) is 21.3. The van der Waals surface area contributed by atoms with Crippen LogP contribution in [0.15, 0.2) is 35.7 Å². The van der Waals surface area contributed by atoms with Crippen LogP contribution in [0.1, 0.15) is 22.3 Å². The third kappa shape index (κ3) is 5.78. The van der Waals surface area contributed by atoms with Crippen LogP contribution in [0.4, 0.5) is 0 Å². The molecule has 2 aromatic rings. The quantitative estimate of drug-likeness (QED) is 0.367. The molecule has 0 spiro atoms. The minimum Gasteiger partial charge on any atom is -0.312 e. The van der Waals surface area contributed by atoms with Gasteiger partial charge in [0.2, 0.25) is 11.8 Å². The maximum atomic E-state index is 12.2. The van der Waals surface area contributed by atoms with Crippen LogP contribution in [0.25, 0.3) is 0 Å². The molecule has 3 amide bonds. The molecule has 0 saturated carbocycles. The van der Waals surface area contributed by atoms with Gasteiger partial charge in [0.1, 0.15) is 10.6 Å². The zero-order valence-electron chi connectivity index (χ0n) is 15.5. The number of carbonyl (C=O) groups is 3. The van der Waals surface area contributed by atoms with Crippen molar-refractivity contribution in [1.29, 1.82) is 0 Å². The first-order chi connectivity index (χ1) is 13.9. The van der Waals surface area contributed by atoms with Gasteiger partial charge in [0.05, 0.1) is 5.75 Å². The van der Waals surface area contributed by atoms with Crippen LogP contribution in [-0.4, -0.2) is 54.0 Å². The molecule has 0 radical (unpaired) electrons. The second-order valence-corrected chi connectivity index (χ2v) is 8.61. The highest BCUT2D eigenvalue weighted by Crippen LogP contribution is 2.20. The van der Waals surface area contributed by atoms with Gasteiger partial charge in [-0.2, -0.15) is 0 Å². The fourth-order valence-corrected chi connectivity index (χ4v) is 4.34. The van der Waals surface area contributed by atoms with E-state index >= 15 is 0 Å². The normalized spacial score (nSPS) is 13.6. The number of carbonyl (C=O) groups excluding carboxylic acids is 3. The fraction of sp³-hybridized carbons (Fsp3) is 0.294. The van der Waals surface area contributed by atoms with Crippen molar-refractivity contribution in [2.45, 2.75) is 17.3 Å². The maximum Gasteiger partial charge on any atom is 0.269 e. The molecular weight excluding hydrogens is 432 g/mol. The molecule has 2 N–H and O–H groups in total. The van der Waals surface area contributed by atoms with Gasteiger partial charge in [-0.25, -0.2) is 0 Å². The first-order valence-electron chi connectivity index (χ1n) is 8.56. The molecule has 29 heavy (non-hydrogen) atoms. The summed E-state index contributed by atoms with van der Waals surface area (Å²) in [5.41, 5.74) is 6.17. The van der Waals surface area contributed by atoms with E-state index in [2.05, 4.69) is 21.0 Å². The summed E-state index contributed by atoms with van der Waals surface area (Å²) >= 11 is 7.88. The SMILES string of the molecule is Cn1cnnc1SCc1ccc(C(=O)NNC(=O)CCN2C(=O)CSC2=S)cc1. The molecule has 0 atom stereocenters. The molecule has 1 aliphatic heterocycles. The Morgan fingerprint density at radius 1 is 1.28 bits per heavy atom. The zero-order chi connectivity index (χ0) is 20.8. The Labute approximate surface area is 181 Å². The number of amides is 3. The number of hydrogen-bond acceptors (Lipinski definition) is 8. The molecule has 1 saturated heterocycles. The molecular formula is C17H18N6O3S3.